The number of H-pyrrole nitrogens is 1. The van der Waals surface area contributed by atoms with Gasteiger partial charge in [-0.2, -0.15) is 5.10 Å². The van der Waals surface area contributed by atoms with Gasteiger partial charge in [-0.05, 0) is 32.3 Å². The summed E-state index contributed by atoms with van der Waals surface area (Å²) >= 11 is 0. The fourth-order valence-corrected chi connectivity index (χ4v) is 3.13. The third-order valence-corrected chi connectivity index (χ3v) is 4.95. The quantitative estimate of drug-likeness (QED) is 0.719. The fourth-order valence-electron chi connectivity index (χ4n) is 3.13. The molecule has 0 radical (unpaired) electrons. The second-order valence-corrected chi connectivity index (χ2v) is 6.54. The summed E-state index contributed by atoms with van der Waals surface area (Å²) in [5.41, 5.74) is 3.15. The molecule has 2 aromatic rings. The number of aliphatic hydroxyl groups excluding tert-OH is 1. The molecular weight excluding hydrogens is 308 g/mol. The Morgan fingerprint density at radius 2 is 2.12 bits per heavy atom. The summed E-state index contributed by atoms with van der Waals surface area (Å²) < 4.78 is 1.84. The minimum Gasteiger partial charge on any atom is -0.388 e. The van der Waals surface area contributed by atoms with Crippen LogP contribution >= 0.6 is 0 Å². The Balaban J connectivity index is 1.44. The van der Waals surface area contributed by atoms with Crippen LogP contribution in [0.15, 0.2) is 0 Å². The summed E-state index contributed by atoms with van der Waals surface area (Å²) in [5.74, 6) is 1.81. The Labute approximate surface area is 140 Å². The summed E-state index contributed by atoms with van der Waals surface area (Å²) in [4.78, 5) is 12.1. The van der Waals surface area contributed by atoms with Crippen molar-refractivity contribution in [2.45, 2.75) is 58.1 Å². The van der Waals surface area contributed by atoms with E-state index in [0.29, 0.717) is 24.6 Å². The lowest BCUT2D eigenvalue weighted by molar-refractivity contribution is -0.122. The second-order valence-electron chi connectivity index (χ2n) is 6.54. The van der Waals surface area contributed by atoms with Crippen molar-refractivity contribution in [3.8, 4) is 0 Å². The molecule has 3 N–H and O–H groups in total. The van der Waals surface area contributed by atoms with Crippen molar-refractivity contribution in [3.63, 3.8) is 0 Å². The zero-order valence-corrected chi connectivity index (χ0v) is 14.3. The lowest BCUT2D eigenvalue weighted by atomic mass is 9.79. The van der Waals surface area contributed by atoms with Gasteiger partial charge in [0.15, 0.2) is 5.82 Å². The van der Waals surface area contributed by atoms with Gasteiger partial charge in [-0.1, -0.05) is 0 Å². The maximum absolute atomic E-state index is 12.1. The number of hydrogen-bond donors (Lipinski definition) is 3. The first-order chi connectivity index (χ1) is 11.5. The van der Waals surface area contributed by atoms with Crippen LogP contribution in [0.5, 0.6) is 0 Å². The van der Waals surface area contributed by atoms with Crippen LogP contribution in [0.2, 0.25) is 0 Å². The van der Waals surface area contributed by atoms with Crippen molar-refractivity contribution < 1.29 is 9.90 Å². The minimum atomic E-state index is -0.109. The van der Waals surface area contributed by atoms with Crippen LogP contribution in [0.3, 0.4) is 0 Å². The molecule has 2 heterocycles. The van der Waals surface area contributed by atoms with Crippen molar-refractivity contribution in [1.29, 1.82) is 0 Å². The van der Waals surface area contributed by atoms with E-state index in [2.05, 4.69) is 25.7 Å². The number of nitrogens with one attached hydrogen (secondary N) is 2. The molecule has 130 valence electrons. The highest BCUT2D eigenvalue weighted by Crippen LogP contribution is 2.35. The molecule has 24 heavy (non-hydrogen) atoms. The maximum Gasteiger partial charge on any atom is 0.220 e. The van der Waals surface area contributed by atoms with E-state index < -0.39 is 0 Å². The van der Waals surface area contributed by atoms with Crippen molar-refractivity contribution in [2.24, 2.45) is 7.05 Å². The van der Waals surface area contributed by atoms with Gasteiger partial charge in [0.2, 0.25) is 5.91 Å². The highest BCUT2D eigenvalue weighted by atomic mass is 16.3. The number of aliphatic hydroxyl groups is 1. The third kappa shape index (κ3) is 3.19. The number of carbonyl (C=O) groups is 1. The van der Waals surface area contributed by atoms with E-state index in [-0.39, 0.29) is 18.6 Å². The number of aromatic nitrogens is 5. The predicted octanol–water partition coefficient (Wildman–Crippen LogP) is 0.642. The molecule has 1 aliphatic rings. The molecule has 0 spiro atoms. The van der Waals surface area contributed by atoms with E-state index in [4.69, 9.17) is 5.11 Å². The van der Waals surface area contributed by atoms with Gasteiger partial charge in [-0.3, -0.25) is 9.89 Å². The topological polar surface area (TPSA) is 109 Å². The molecule has 0 saturated heterocycles. The van der Waals surface area contributed by atoms with Gasteiger partial charge < -0.3 is 15.0 Å². The van der Waals surface area contributed by atoms with Crippen LogP contribution < -0.4 is 5.32 Å². The summed E-state index contributed by atoms with van der Waals surface area (Å²) in [6.45, 7) is 3.89. The molecule has 1 fully saturated rings. The van der Waals surface area contributed by atoms with Crippen molar-refractivity contribution >= 4 is 5.91 Å². The first-order valence-electron chi connectivity index (χ1n) is 8.28. The summed E-state index contributed by atoms with van der Waals surface area (Å²) in [6, 6.07) is 0.193. The van der Waals surface area contributed by atoms with Crippen molar-refractivity contribution in [1.82, 2.24) is 30.3 Å². The highest BCUT2D eigenvalue weighted by molar-refractivity contribution is 5.76. The zero-order chi connectivity index (χ0) is 17.3. The minimum absolute atomic E-state index is 0.0625. The van der Waals surface area contributed by atoms with Gasteiger partial charge in [0.05, 0.1) is 5.69 Å². The first kappa shape index (κ1) is 16.6. The van der Waals surface area contributed by atoms with Crippen LogP contribution in [-0.2, 0) is 24.9 Å². The second kappa shape index (κ2) is 6.72. The Bertz CT molecular complexity index is 729. The third-order valence-electron chi connectivity index (χ3n) is 4.95. The number of aromatic amines is 1. The molecule has 1 aliphatic carbocycles. The van der Waals surface area contributed by atoms with Crippen LogP contribution in [-0.4, -0.2) is 42.0 Å². The molecule has 2 aromatic heterocycles. The lowest BCUT2D eigenvalue weighted by Crippen LogP contribution is -2.44. The number of nitrogens with zero attached hydrogens (tertiary/aromatic N) is 4. The van der Waals surface area contributed by atoms with E-state index in [0.717, 1.165) is 35.6 Å². The van der Waals surface area contributed by atoms with Gasteiger partial charge in [-0.15, -0.1) is 10.2 Å². The number of carbonyl (C=O) groups excluding carboxylic acids is 1. The molecule has 1 saturated carbocycles. The van der Waals surface area contributed by atoms with Gasteiger partial charge >= 0.3 is 0 Å². The van der Waals surface area contributed by atoms with E-state index in [1.54, 1.807) is 0 Å². The fraction of sp³-hybridized carbons (Fsp3) is 0.625. The number of rotatable bonds is 6. The maximum atomic E-state index is 12.1. The summed E-state index contributed by atoms with van der Waals surface area (Å²) in [6.07, 6.45) is 2.83. The zero-order valence-electron chi connectivity index (χ0n) is 14.3. The summed E-state index contributed by atoms with van der Waals surface area (Å²) in [7, 11) is 1.86. The van der Waals surface area contributed by atoms with Gasteiger partial charge in [-0.25, -0.2) is 0 Å². The molecule has 0 aliphatic heterocycles. The standard InChI is InChI=1S/C16H24N6O2/c1-9-10(2)18-19-13(9)4-5-15(24)17-12-6-11(7-12)16-21-20-14(8-23)22(16)3/h11-12,23H,4-8H2,1-3H3,(H,17,24)(H,18,19). The lowest BCUT2D eigenvalue weighted by Gasteiger charge is -2.35. The Kier molecular flexibility index (Phi) is 4.66. The average molecular weight is 332 g/mol. The Morgan fingerprint density at radius 1 is 1.38 bits per heavy atom. The molecule has 0 aromatic carbocycles. The van der Waals surface area contributed by atoms with Crippen LogP contribution in [0, 0.1) is 13.8 Å². The number of aryl methyl sites for hydroxylation is 2. The molecule has 8 heteroatoms. The number of amides is 1. The first-order valence-corrected chi connectivity index (χ1v) is 8.28. The van der Waals surface area contributed by atoms with Gasteiger partial charge in [0.1, 0.15) is 12.4 Å². The molecule has 0 unspecified atom stereocenters. The van der Waals surface area contributed by atoms with Gasteiger partial charge in [0, 0.05) is 37.5 Å². The Hall–Kier alpha value is -2.22. The molecule has 1 amide bonds. The van der Waals surface area contributed by atoms with E-state index >= 15 is 0 Å². The van der Waals surface area contributed by atoms with Crippen LogP contribution in [0.1, 0.15) is 53.8 Å². The molecule has 0 bridgehead atoms. The number of hydrogen-bond acceptors (Lipinski definition) is 5. The van der Waals surface area contributed by atoms with Crippen LogP contribution in [0.4, 0.5) is 0 Å². The van der Waals surface area contributed by atoms with Crippen molar-refractivity contribution in [3.05, 3.63) is 28.6 Å². The van der Waals surface area contributed by atoms with Gasteiger partial charge in [0.25, 0.3) is 0 Å². The normalized spacial score (nSPS) is 20.0. The smallest absolute Gasteiger partial charge is 0.220 e. The SMILES string of the molecule is Cc1[nH]nc(CCC(=O)NC2CC(c3nnc(CO)n3C)C2)c1C. The Morgan fingerprint density at radius 3 is 2.71 bits per heavy atom. The molecule has 0 atom stereocenters. The molecular formula is C16H24N6O2. The predicted molar refractivity (Wildman–Crippen MR) is 87.2 cm³/mol. The monoisotopic (exact) mass is 332 g/mol. The van der Waals surface area contributed by atoms with E-state index in [9.17, 15) is 4.79 Å². The van der Waals surface area contributed by atoms with Crippen LogP contribution in [0.25, 0.3) is 0 Å². The average Bonchev–Trinajstić information content (AvgIpc) is 3.04. The molecule has 3 rings (SSSR count). The largest absolute Gasteiger partial charge is 0.388 e. The van der Waals surface area contributed by atoms with E-state index in [1.807, 2.05) is 25.5 Å². The highest BCUT2D eigenvalue weighted by Gasteiger charge is 2.34. The van der Waals surface area contributed by atoms with Crippen molar-refractivity contribution in [2.75, 3.05) is 0 Å². The molecule has 8 nitrogen and oxygen atoms in total. The van der Waals surface area contributed by atoms with E-state index in [1.165, 1.54) is 0 Å². The summed E-state index contributed by atoms with van der Waals surface area (Å²) in [5, 5.41) is 27.5.